The zero-order chi connectivity index (χ0) is 15.2. The van der Waals surface area contributed by atoms with Crippen LogP contribution in [0.4, 0.5) is 0 Å². The van der Waals surface area contributed by atoms with Gasteiger partial charge in [-0.2, -0.15) is 0 Å². The van der Waals surface area contributed by atoms with Gasteiger partial charge >= 0.3 is 11.9 Å². The van der Waals surface area contributed by atoms with E-state index in [9.17, 15) is 9.59 Å². The highest BCUT2D eigenvalue weighted by Gasteiger charge is 2.10. The number of rotatable bonds is 6. The molecular formula is C15H12O5S. The molecule has 0 unspecified atom stereocenters. The first-order valence-electron chi connectivity index (χ1n) is 6.01. The fourth-order valence-electron chi connectivity index (χ4n) is 1.61. The van der Waals surface area contributed by atoms with Crippen LogP contribution in [-0.2, 0) is 4.79 Å². The predicted octanol–water partition coefficient (Wildman–Crippen LogP) is 3.00. The van der Waals surface area contributed by atoms with Gasteiger partial charge in [-0.25, -0.2) is 9.59 Å². The van der Waals surface area contributed by atoms with E-state index in [2.05, 4.69) is 0 Å². The zero-order valence-electron chi connectivity index (χ0n) is 10.9. The number of carboxylic acids is 2. The van der Waals surface area contributed by atoms with Gasteiger partial charge < -0.3 is 14.9 Å². The van der Waals surface area contributed by atoms with Gasteiger partial charge in [0.2, 0.25) is 0 Å². The van der Waals surface area contributed by atoms with Gasteiger partial charge in [-0.05, 0) is 36.4 Å². The van der Waals surface area contributed by atoms with E-state index in [0.717, 1.165) is 4.90 Å². The quantitative estimate of drug-likeness (QED) is 0.853. The molecule has 0 aliphatic heterocycles. The molecule has 0 amide bonds. The lowest BCUT2D eigenvalue weighted by Gasteiger charge is -2.07. The average molecular weight is 304 g/mol. The highest BCUT2D eigenvalue weighted by Crippen LogP contribution is 2.31. The summed E-state index contributed by atoms with van der Waals surface area (Å²) in [6, 6.07) is 13.5. The van der Waals surface area contributed by atoms with E-state index in [0.29, 0.717) is 10.6 Å². The molecule has 2 aromatic rings. The second-order valence-corrected chi connectivity index (χ2v) is 5.17. The van der Waals surface area contributed by atoms with Crippen molar-refractivity contribution in [1.82, 2.24) is 0 Å². The van der Waals surface area contributed by atoms with E-state index in [-0.39, 0.29) is 5.56 Å². The SMILES string of the molecule is O=C(O)COc1ccc(Sc2ccccc2C(=O)O)cc1. The number of hydrogen-bond donors (Lipinski definition) is 2. The van der Waals surface area contributed by atoms with Crippen molar-refractivity contribution in [2.75, 3.05) is 6.61 Å². The van der Waals surface area contributed by atoms with Gasteiger partial charge in [0.1, 0.15) is 5.75 Å². The number of carboxylic acid groups (broad SMARTS) is 2. The fraction of sp³-hybridized carbons (Fsp3) is 0.0667. The first-order valence-corrected chi connectivity index (χ1v) is 6.83. The molecule has 0 radical (unpaired) electrons. The second kappa shape index (κ2) is 6.81. The summed E-state index contributed by atoms with van der Waals surface area (Å²) in [6.07, 6.45) is 0. The monoisotopic (exact) mass is 304 g/mol. The van der Waals surface area contributed by atoms with Gasteiger partial charge in [-0.3, -0.25) is 0 Å². The summed E-state index contributed by atoms with van der Waals surface area (Å²) in [4.78, 5) is 23.0. The van der Waals surface area contributed by atoms with Crippen molar-refractivity contribution in [3.8, 4) is 5.75 Å². The van der Waals surface area contributed by atoms with Gasteiger partial charge in [0.25, 0.3) is 0 Å². The van der Waals surface area contributed by atoms with Crippen LogP contribution < -0.4 is 4.74 Å². The van der Waals surface area contributed by atoms with Crippen molar-refractivity contribution in [3.05, 3.63) is 54.1 Å². The maximum absolute atomic E-state index is 11.1. The van der Waals surface area contributed by atoms with E-state index >= 15 is 0 Å². The molecule has 0 aliphatic rings. The largest absolute Gasteiger partial charge is 0.482 e. The van der Waals surface area contributed by atoms with Crippen LogP contribution in [-0.4, -0.2) is 28.8 Å². The van der Waals surface area contributed by atoms with Gasteiger partial charge in [0.15, 0.2) is 6.61 Å². The fourth-order valence-corrected chi connectivity index (χ4v) is 2.55. The van der Waals surface area contributed by atoms with Crippen LogP contribution in [0, 0.1) is 0 Å². The summed E-state index contributed by atoms with van der Waals surface area (Å²) in [5.74, 6) is -1.56. The van der Waals surface area contributed by atoms with Crippen LogP contribution in [0.2, 0.25) is 0 Å². The number of carbonyl (C=O) groups is 2. The third-order valence-corrected chi connectivity index (χ3v) is 3.62. The van der Waals surface area contributed by atoms with Gasteiger partial charge in [-0.15, -0.1) is 0 Å². The number of aliphatic carboxylic acids is 1. The summed E-state index contributed by atoms with van der Waals surface area (Å²) in [6.45, 7) is -0.395. The minimum atomic E-state index is -1.04. The molecule has 6 heteroatoms. The first-order chi connectivity index (χ1) is 10.1. The smallest absolute Gasteiger partial charge is 0.341 e. The Bertz CT molecular complexity index is 651. The minimum absolute atomic E-state index is 0.244. The lowest BCUT2D eigenvalue weighted by molar-refractivity contribution is -0.139. The third kappa shape index (κ3) is 4.25. The van der Waals surface area contributed by atoms with E-state index in [1.165, 1.54) is 11.8 Å². The Morgan fingerprint density at radius 3 is 2.29 bits per heavy atom. The van der Waals surface area contributed by atoms with Crippen LogP contribution in [0.15, 0.2) is 58.3 Å². The normalized spacial score (nSPS) is 10.1. The van der Waals surface area contributed by atoms with Crippen molar-refractivity contribution in [3.63, 3.8) is 0 Å². The number of aromatic carboxylic acids is 1. The molecule has 2 rings (SSSR count). The topological polar surface area (TPSA) is 83.8 Å². The van der Waals surface area contributed by atoms with Gasteiger partial charge in [0.05, 0.1) is 5.56 Å². The molecule has 0 heterocycles. The Labute approximate surface area is 125 Å². The molecule has 2 aromatic carbocycles. The van der Waals surface area contributed by atoms with Crippen molar-refractivity contribution in [2.45, 2.75) is 9.79 Å². The molecule has 0 bridgehead atoms. The molecule has 0 atom stereocenters. The Morgan fingerprint density at radius 2 is 1.67 bits per heavy atom. The van der Waals surface area contributed by atoms with Crippen LogP contribution in [0.5, 0.6) is 5.75 Å². The van der Waals surface area contributed by atoms with Gasteiger partial charge in [0, 0.05) is 9.79 Å². The average Bonchev–Trinajstić information content (AvgIpc) is 2.47. The second-order valence-electron chi connectivity index (χ2n) is 4.06. The Kier molecular flexibility index (Phi) is 4.84. The zero-order valence-corrected chi connectivity index (χ0v) is 11.7. The maximum atomic E-state index is 11.1. The molecule has 0 spiro atoms. The van der Waals surface area contributed by atoms with Crippen molar-refractivity contribution in [2.24, 2.45) is 0 Å². The van der Waals surface area contributed by atoms with Crippen LogP contribution in [0.25, 0.3) is 0 Å². The predicted molar refractivity (Wildman–Crippen MR) is 77.1 cm³/mol. The summed E-state index contributed by atoms with van der Waals surface area (Å²) >= 11 is 1.32. The Hall–Kier alpha value is -2.47. The maximum Gasteiger partial charge on any atom is 0.341 e. The lowest BCUT2D eigenvalue weighted by atomic mass is 10.2. The third-order valence-electron chi connectivity index (χ3n) is 2.53. The molecule has 0 aliphatic carbocycles. The highest BCUT2D eigenvalue weighted by atomic mass is 32.2. The van der Waals surface area contributed by atoms with Crippen molar-refractivity contribution in [1.29, 1.82) is 0 Å². The molecular weight excluding hydrogens is 292 g/mol. The molecule has 21 heavy (non-hydrogen) atoms. The Morgan fingerprint density at radius 1 is 1.00 bits per heavy atom. The summed E-state index contributed by atoms with van der Waals surface area (Å²) in [7, 11) is 0. The first kappa shape index (κ1) is 14.9. The number of hydrogen-bond acceptors (Lipinski definition) is 4. The molecule has 0 saturated heterocycles. The summed E-state index contributed by atoms with van der Waals surface area (Å²) in [5, 5.41) is 17.6. The molecule has 0 aromatic heterocycles. The van der Waals surface area contributed by atoms with Crippen molar-refractivity contribution >= 4 is 23.7 Å². The molecule has 5 nitrogen and oxygen atoms in total. The van der Waals surface area contributed by atoms with Crippen LogP contribution in [0.3, 0.4) is 0 Å². The van der Waals surface area contributed by atoms with Crippen molar-refractivity contribution < 1.29 is 24.5 Å². The summed E-state index contributed by atoms with van der Waals surface area (Å²) in [5.41, 5.74) is 0.244. The van der Waals surface area contributed by atoms with E-state index < -0.39 is 18.5 Å². The Balaban J connectivity index is 2.10. The van der Waals surface area contributed by atoms with E-state index in [1.807, 2.05) is 0 Å². The lowest BCUT2D eigenvalue weighted by Crippen LogP contribution is -2.09. The molecule has 108 valence electrons. The number of benzene rings is 2. The molecule has 0 fully saturated rings. The van der Waals surface area contributed by atoms with Crippen LogP contribution >= 0.6 is 11.8 Å². The van der Waals surface area contributed by atoms with E-state index in [1.54, 1.807) is 48.5 Å². The minimum Gasteiger partial charge on any atom is -0.482 e. The number of ether oxygens (including phenoxy) is 1. The molecule has 2 N–H and O–H groups in total. The summed E-state index contributed by atoms with van der Waals surface area (Å²) < 4.78 is 5.03. The standard InChI is InChI=1S/C15H12O5S/c16-14(17)9-20-10-5-7-11(8-6-10)21-13-4-2-1-3-12(13)15(18)19/h1-8H,9H2,(H,16,17)(H,18,19). The molecule has 0 saturated carbocycles. The van der Waals surface area contributed by atoms with Crippen LogP contribution in [0.1, 0.15) is 10.4 Å². The highest BCUT2D eigenvalue weighted by molar-refractivity contribution is 7.99. The van der Waals surface area contributed by atoms with E-state index in [4.69, 9.17) is 14.9 Å². The van der Waals surface area contributed by atoms with Gasteiger partial charge in [-0.1, -0.05) is 23.9 Å².